The van der Waals surface area contributed by atoms with E-state index in [0.29, 0.717) is 17.0 Å². The quantitative estimate of drug-likeness (QED) is 0.905. The molecule has 0 aliphatic carbocycles. The highest BCUT2D eigenvalue weighted by atomic mass is 35.5. The van der Waals surface area contributed by atoms with Crippen molar-refractivity contribution in [2.75, 3.05) is 14.1 Å². The fraction of sp³-hybridized carbons (Fsp3) is 0.357. The lowest BCUT2D eigenvalue weighted by Crippen LogP contribution is -2.21. The van der Waals surface area contributed by atoms with Crippen molar-refractivity contribution in [1.29, 1.82) is 0 Å². The van der Waals surface area contributed by atoms with Crippen molar-refractivity contribution in [3.8, 4) is 0 Å². The van der Waals surface area contributed by atoms with Gasteiger partial charge in [-0.25, -0.2) is 0 Å². The summed E-state index contributed by atoms with van der Waals surface area (Å²) in [7, 11) is 3.91. The average molecular weight is 265 g/mol. The molecule has 0 aliphatic rings. The van der Waals surface area contributed by atoms with E-state index >= 15 is 0 Å². The first-order valence-electron chi connectivity index (χ1n) is 5.87. The average Bonchev–Trinajstić information content (AvgIpc) is 2.29. The van der Waals surface area contributed by atoms with Crippen LogP contribution >= 0.6 is 11.6 Å². The predicted octanol–water partition coefficient (Wildman–Crippen LogP) is 2.86. The van der Waals surface area contributed by atoms with Gasteiger partial charge in [-0.15, -0.1) is 0 Å². The van der Waals surface area contributed by atoms with Gasteiger partial charge in [0, 0.05) is 28.2 Å². The Morgan fingerprint density at radius 3 is 2.56 bits per heavy atom. The summed E-state index contributed by atoms with van der Waals surface area (Å²) in [5, 5.41) is 1.39. The number of rotatable bonds is 2. The zero-order chi connectivity index (χ0) is 13.4. The minimum atomic E-state index is 0.0923. The summed E-state index contributed by atoms with van der Waals surface area (Å²) in [6.45, 7) is 4.49. The third-order valence-corrected chi connectivity index (χ3v) is 3.57. The molecule has 1 heterocycles. The fourth-order valence-corrected chi connectivity index (χ4v) is 2.30. The number of nitrogens with zero attached hydrogens (tertiary/aromatic N) is 1. The maximum atomic E-state index is 12.5. The minimum absolute atomic E-state index is 0.0923. The molecule has 0 amide bonds. The van der Waals surface area contributed by atoms with Gasteiger partial charge in [-0.2, -0.15) is 0 Å². The van der Waals surface area contributed by atoms with Crippen molar-refractivity contribution in [3.63, 3.8) is 0 Å². The SMILES string of the molecule is Cc1[nH]c2c(C)c(Cl)ccc2c(=O)c1CN(C)C. The second-order valence-electron chi connectivity index (χ2n) is 4.89. The summed E-state index contributed by atoms with van der Waals surface area (Å²) in [4.78, 5) is 17.8. The Hall–Kier alpha value is -1.32. The molecule has 0 aliphatic heterocycles. The largest absolute Gasteiger partial charge is 0.358 e. The number of aromatic nitrogens is 1. The number of halogens is 1. The van der Waals surface area contributed by atoms with Crippen LogP contribution < -0.4 is 5.43 Å². The maximum Gasteiger partial charge on any atom is 0.194 e. The summed E-state index contributed by atoms with van der Waals surface area (Å²) in [5.41, 5.74) is 3.58. The van der Waals surface area contributed by atoms with Crippen LogP contribution in [0.15, 0.2) is 16.9 Å². The molecule has 0 saturated heterocycles. The van der Waals surface area contributed by atoms with E-state index in [1.54, 1.807) is 12.1 Å². The third kappa shape index (κ3) is 2.16. The summed E-state index contributed by atoms with van der Waals surface area (Å²) < 4.78 is 0. The van der Waals surface area contributed by atoms with E-state index in [1.807, 2.05) is 32.8 Å². The zero-order valence-electron chi connectivity index (χ0n) is 11.1. The second-order valence-corrected chi connectivity index (χ2v) is 5.30. The van der Waals surface area contributed by atoms with Crippen LogP contribution in [-0.4, -0.2) is 24.0 Å². The van der Waals surface area contributed by atoms with Crippen LogP contribution in [0.4, 0.5) is 0 Å². The minimum Gasteiger partial charge on any atom is -0.358 e. The predicted molar refractivity (Wildman–Crippen MR) is 76.4 cm³/mol. The second kappa shape index (κ2) is 4.75. The van der Waals surface area contributed by atoms with Crippen molar-refractivity contribution in [2.45, 2.75) is 20.4 Å². The highest BCUT2D eigenvalue weighted by molar-refractivity contribution is 6.32. The Kier molecular flexibility index (Phi) is 3.46. The summed E-state index contributed by atoms with van der Waals surface area (Å²) in [5.74, 6) is 0. The van der Waals surface area contributed by atoms with Gasteiger partial charge in [0.15, 0.2) is 5.43 Å². The molecular weight excluding hydrogens is 248 g/mol. The number of pyridine rings is 1. The maximum absolute atomic E-state index is 12.5. The molecule has 18 heavy (non-hydrogen) atoms. The number of fused-ring (bicyclic) bond motifs is 1. The number of aryl methyl sites for hydroxylation is 2. The number of benzene rings is 1. The first kappa shape index (κ1) is 13.1. The molecule has 0 atom stereocenters. The first-order valence-corrected chi connectivity index (χ1v) is 6.25. The van der Waals surface area contributed by atoms with Crippen molar-refractivity contribution < 1.29 is 0 Å². The molecule has 0 spiro atoms. The van der Waals surface area contributed by atoms with Crippen LogP contribution in [0.3, 0.4) is 0 Å². The van der Waals surface area contributed by atoms with Gasteiger partial charge in [0.25, 0.3) is 0 Å². The summed E-state index contributed by atoms with van der Waals surface area (Å²) in [6, 6.07) is 3.57. The third-order valence-electron chi connectivity index (χ3n) is 3.16. The lowest BCUT2D eigenvalue weighted by atomic mass is 10.1. The Labute approximate surface area is 111 Å². The monoisotopic (exact) mass is 264 g/mol. The molecular formula is C14H17ClN2O. The molecule has 3 nitrogen and oxygen atoms in total. The normalized spacial score (nSPS) is 11.4. The molecule has 2 rings (SSSR count). The van der Waals surface area contributed by atoms with E-state index in [0.717, 1.165) is 22.3 Å². The van der Waals surface area contributed by atoms with Crippen molar-refractivity contribution in [2.24, 2.45) is 0 Å². The number of nitrogens with one attached hydrogen (secondary N) is 1. The molecule has 0 saturated carbocycles. The lowest BCUT2D eigenvalue weighted by molar-refractivity contribution is 0.400. The van der Waals surface area contributed by atoms with Gasteiger partial charge < -0.3 is 9.88 Å². The Balaban J connectivity index is 2.80. The van der Waals surface area contributed by atoms with Gasteiger partial charge in [0.05, 0.1) is 5.52 Å². The smallest absolute Gasteiger partial charge is 0.194 e. The van der Waals surface area contributed by atoms with Gasteiger partial charge in [0.2, 0.25) is 0 Å². The summed E-state index contributed by atoms with van der Waals surface area (Å²) in [6.07, 6.45) is 0. The van der Waals surface area contributed by atoms with E-state index in [2.05, 4.69) is 4.98 Å². The number of aromatic amines is 1. The van der Waals surface area contributed by atoms with Crippen molar-refractivity contribution in [1.82, 2.24) is 9.88 Å². The number of hydrogen-bond acceptors (Lipinski definition) is 2. The topological polar surface area (TPSA) is 36.1 Å². The van der Waals surface area contributed by atoms with Gasteiger partial charge in [-0.3, -0.25) is 4.79 Å². The van der Waals surface area contributed by atoms with E-state index in [9.17, 15) is 4.79 Å². The van der Waals surface area contributed by atoms with Crippen LogP contribution in [0, 0.1) is 13.8 Å². The molecule has 4 heteroatoms. The van der Waals surface area contributed by atoms with Crippen LogP contribution in [0.25, 0.3) is 10.9 Å². The zero-order valence-corrected chi connectivity index (χ0v) is 11.9. The van der Waals surface area contributed by atoms with Crippen LogP contribution in [0.2, 0.25) is 5.02 Å². The van der Waals surface area contributed by atoms with Gasteiger partial charge in [-0.1, -0.05) is 11.6 Å². The highest BCUT2D eigenvalue weighted by Gasteiger charge is 2.12. The Bertz CT molecular complexity index is 659. The van der Waals surface area contributed by atoms with Crippen LogP contribution in [0.5, 0.6) is 0 Å². The van der Waals surface area contributed by atoms with E-state index in [-0.39, 0.29) is 5.43 Å². The molecule has 0 unspecified atom stereocenters. The molecule has 0 radical (unpaired) electrons. The first-order chi connectivity index (χ1) is 8.41. The van der Waals surface area contributed by atoms with Crippen molar-refractivity contribution >= 4 is 22.5 Å². The van der Waals surface area contributed by atoms with Crippen LogP contribution in [-0.2, 0) is 6.54 Å². The molecule has 0 bridgehead atoms. The number of H-pyrrole nitrogens is 1. The summed E-state index contributed by atoms with van der Waals surface area (Å²) >= 11 is 6.09. The lowest BCUT2D eigenvalue weighted by Gasteiger charge is -2.14. The van der Waals surface area contributed by atoms with Gasteiger partial charge in [0.1, 0.15) is 0 Å². The fourth-order valence-electron chi connectivity index (χ4n) is 2.14. The van der Waals surface area contributed by atoms with E-state index in [4.69, 9.17) is 11.6 Å². The molecule has 96 valence electrons. The van der Waals surface area contributed by atoms with Gasteiger partial charge >= 0.3 is 0 Å². The molecule has 2 aromatic rings. The van der Waals surface area contributed by atoms with Crippen molar-refractivity contribution in [3.05, 3.63) is 44.2 Å². The molecule has 0 fully saturated rings. The highest BCUT2D eigenvalue weighted by Crippen LogP contribution is 2.23. The molecule has 1 aromatic carbocycles. The Morgan fingerprint density at radius 2 is 1.94 bits per heavy atom. The number of hydrogen-bond donors (Lipinski definition) is 1. The van der Waals surface area contributed by atoms with E-state index in [1.165, 1.54) is 0 Å². The molecule has 1 aromatic heterocycles. The van der Waals surface area contributed by atoms with Gasteiger partial charge in [-0.05, 0) is 45.6 Å². The Morgan fingerprint density at radius 1 is 1.28 bits per heavy atom. The molecule has 1 N–H and O–H groups in total. The van der Waals surface area contributed by atoms with Crippen LogP contribution in [0.1, 0.15) is 16.8 Å². The van der Waals surface area contributed by atoms with E-state index < -0.39 is 0 Å². The standard InChI is InChI=1S/C14H17ClN2O/c1-8-12(15)6-5-10-13(8)16-9(2)11(14(10)18)7-17(3)4/h5-6H,7H2,1-4H3,(H,16,18).